The zero-order valence-electron chi connectivity index (χ0n) is 16.7. The van der Waals surface area contributed by atoms with Crippen LogP contribution in [0.1, 0.15) is 40.3 Å². The van der Waals surface area contributed by atoms with E-state index >= 15 is 0 Å². The molecule has 1 fully saturated rings. The highest BCUT2D eigenvalue weighted by molar-refractivity contribution is 5.93. The number of carbonyl (C=O) groups excluding carboxylic acids is 1. The molecule has 1 aliphatic rings. The molecule has 8 nitrogen and oxygen atoms in total. The molecule has 0 saturated heterocycles. The van der Waals surface area contributed by atoms with E-state index in [1.54, 1.807) is 18.3 Å². The Morgan fingerprint density at radius 2 is 2.00 bits per heavy atom. The summed E-state index contributed by atoms with van der Waals surface area (Å²) >= 11 is 0. The molecule has 12 heteroatoms. The van der Waals surface area contributed by atoms with Gasteiger partial charge in [-0.2, -0.15) is 13.2 Å². The van der Waals surface area contributed by atoms with Crippen LogP contribution < -0.4 is 10.1 Å². The molecule has 3 heterocycles. The number of aryl methyl sites for hydroxylation is 1. The minimum atomic E-state index is -4.53. The number of aromatic nitrogens is 4. The third-order valence-electron chi connectivity index (χ3n) is 5.06. The summed E-state index contributed by atoms with van der Waals surface area (Å²) in [5.41, 5.74) is -0.371. The zero-order chi connectivity index (χ0) is 22.9. The van der Waals surface area contributed by atoms with Crippen LogP contribution in [-0.2, 0) is 13.3 Å². The van der Waals surface area contributed by atoms with E-state index < -0.39 is 24.3 Å². The smallest absolute Gasteiger partial charge is 0.411 e. The maximum Gasteiger partial charge on any atom is 0.411 e. The quantitative estimate of drug-likeness (QED) is 0.547. The number of rotatable bonds is 7. The van der Waals surface area contributed by atoms with Gasteiger partial charge in [0.1, 0.15) is 17.8 Å². The fourth-order valence-corrected chi connectivity index (χ4v) is 2.98. The van der Waals surface area contributed by atoms with Crippen LogP contribution in [0.2, 0.25) is 0 Å². The predicted octanol–water partition coefficient (Wildman–Crippen LogP) is 3.71. The van der Waals surface area contributed by atoms with Gasteiger partial charge < -0.3 is 14.6 Å². The van der Waals surface area contributed by atoms with Crippen LogP contribution in [0.4, 0.5) is 17.6 Å². The normalized spacial score (nSPS) is 14.8. The van der Waals surface area contributed by atoms with Gasteiger partial charge in [-0.25, -0.2) is 4.39 Å². The van der Waals surface area contributed by atoms with Gasteiger partial charge in [-0.1, -0.05) is 5.16 Å². The van der Waals surface area contributed by atoms with Crippen molar-refractivity contribution in [1.29, 1.82) is 0 Å². The summed E-state index contributed by atoms with van der Waals surface area (Å²) in [6.45, 7) is 0.750. The summed E-state index contributed by atoms with van der Waals surface area (Å²) in [7, 11) is 0. The van der Waals surface area contributed by atoms with Crippen LogP contribution in [0.15, 0.2) is 35.0 Å². The molecule has 0 atom stereocenters. The van der Waals surface area contributed by atoms with Gasteiger partial charge in [0.05, 0.1) is 5.56 Å². The number of amides is 1. The first-order valence-electron chi connectivity index (χ1n) is 9.54. The maximum absolute atomic E-state index is 13.3. The number of alkyl halides is 4. The van der Waals surface area contributed by atoms with Gasteiger partial charge in [-0.05, 0) is 38.0 Å². The monoisotopic (exact) mass is 451 g/mol. The maximum atomic E-state index is 13.3. The first kappa shape index (κ1) is 21.7. The summed E-state index contributed by atoms with van der Waals surface area (Å²) in [5, 5.41) is 13.2. The molecule has 168 valence electrons. The lowest BCUT2D eigenvalue weighted by molar-refractivity contribution is -0.163. The number of nitrogens with zero attached hydrogens (tertiary/aromatic N) is 4. The van der Waals surface area contributed by atoms with E-state index in [0.29, 0.717) is 16.8 Å². The number of ether oxygens (including phenoxy) is 1. The van der Waals surface area contributed by atoms with Crippen LogP contribution in [0, 0.1) is 6.92 Å². The lowest BCUT2D eigenvalue weighted by Gasteiger charge is -2.20. The Kier molecular flexibility index (Phi) is 5.53. The highest BCUT2D eigenvalue weighted by Crippen LogP contribution is 2.49. The van der Waals surface area contributed by atoms with Crippen molar-refractivity contribution in [3.63, 3.8) is 0 Å². The molecule has 0 bridgehead atoms. The Balaban J connectivity index is 1.44. The molecule has 0 radical (unpaired) electrons. The summed E-state index contributed by atoms with van der Waals surface area (Å²) in [6, 6.07) is 6.00. The van der Waals surface area contributed by atoms with Crippen LogP contribution in [0.5, 0.6) is 5.88 Å². The van der Waals surface area contributed by atoms with Crippen molar-refractivity contribution in [3.05, 3.63) is 53.2 Å². The summed E-state index contributed by atoms with van der Waals surface area (Å²) in [6.07, 6.45) is -3.31. The number of nitrogens with one attached hydrogen (secondary N) is 1. The Labute approximate surface area is 179 Å². The second-order valence-electron chi connectivity index (χ2n) is 7.33. The highest BCUT2D eigenvalue weighted by Gasteiger charge is 2.64. The number of halogens is 4. The molecule has 1 amide bonds. The molecule has 0 aliphatic heterocycles. The fraction of sp³-hybridized carbons (Fsp3) is 0.350. The predicted molar refractivity (Wildman–Crippen MR) is 101 cm³/mol. The first-order valence-corrected chi connectivity index (χ1v) is 9.54. The first-order chi connectivity index (χ1) is 15.2. The summed E-state index contributed by atoms with van der Waals surface area (Å²) in [4.78, 5) is 16.3. The van der Waals surface area contributed by atoms with E-state index in [1.165, 1.54) is 12.1 Å². The summed E-state index contributed by atoms with van der Waals surface area (Å²) in [5.74, 6) is -1.02. The van der Waals surface area contributed by atoms with Crippen molar-refractivity contribution < 1.29 is 31.6 Å². The molecule has 0 unspecified atom stereocenters. The van der Waals surface area contributed by atoms with Crippen molar-refractivity contribution >= 4 is 5.91 Å². The van der Waals surface area contributed by atoms with Crippen LogP contribution >= 0.6 is 0 Å². The SMILES string of the molecule is Cc1ccc(-c2noc(CF)c2COc2ccc(C(=O)NC3(C(F)(F)F)CC3)nn2)cn1. The average Bonchev–Trinajstić information content (AvgIpc) is 3.45. The molecule has 3 aromatic rings. The second kappa shape index (κ2) is 8.17. The van der Waals surface area contributed by atoms with Crippen molar-refractivity contribution in [2.45, 2.75) is 44.8 Å². The van der Waals surface area contributed by atoms with E-state index in [2.05, 4.69) is 20.3 Å². The number of carbonyl (C=O) groups is 1. The highest BCUT2D eigenvalue weighted by atomic mass is 19.4. The molecular weight excluding hydrogens is 434 g/mol. The van der Waals surface area contributed by atoms with Gasteiger partial charge in [-0.15, -0.1) is 10.2 Å². The third kappa shape index (κ3) is 4.25. The van der Waals surface area contributed by atoms with Crippen LogP contribution in [0.3, 0.4) is 0 Å². The van der Waals surface area contributed by atoms with Gasteiger partial charge in [0.25, 0.3) is 5.91 Å². The van der Waals surface area contributed by atoms with Crippen molar-refractivity contribution in [3.8, 4) is 17.1 Å². The topological polar surface area (TPSA) is 103 Å². The van der Waals surface area contributed by atoms with E-state index in [1.807, 2.05) is 12.2 Å². The molecule has 4 rings (SSSR count). The van der Waals surface area contributed by atoms with E-state index in [4.69, 9.17) is 9.26 Å². The fourth-order valence-electron chi connectivity index (χ4n) is 2.98. The Bertz CT molecular complexity index is 1110. The van der Waals surface area contributed by atoms with E-state index in [9.17, 15) is 22.4 Å². The molecule has 0 aromatic carbocycles. The van der Waals surface area contributed by atoms with E-state index in [-0.39, 0.29) is 36.8 Å². The van der Waals surface area contributed by atoms with Crippen molar-refractivity contribution in [1.82, 2.24) is 25.7 Å². The molecule has 3 aromatic heterocycles. The van der Waals surface area contributed by atoms with Crippen molar-refractivity contribution in [2.24, 2.45) is 0 Å². The lowest BCUT2D eigenvalue weighted by Crippen LogP contribution is -2.48. The van der Waals surface area contributed by atoms with Gasteiger partial charge in [0.2, 0.25) is 5.88 Å². The number of pyridine rings is 1. The van der Waals surface area contributed by atoms with Crippen LogP contribution in [-0.4, -0.2) is 38.0 Å². The molecule has 1 saturated carbocycles. The van der Waals surface area contributed by atoms with Crippen molar-refractivity contribution in [2.75, 3.05) is 0 Å². The second-order valence-corrected chi connectivity index (χ2v) is 7.33. The Morgan fingerprint density at radius 3 is 2.56 bits per heavy atom. The molecule has 1 N–H and O–H groups in total. The third-order valence-corrected chi connectivity index (χ3v) is 5.06. The van der Waals surface area contributed by atoms with Gasteiger partial charge in [0.15, 0.2) is 18.1 Å². The summed E-state index contributed by atoms with van der Waals surface area (Å²) < 4.78 is 62.8. The number of hydrogen-bond donors (Lipinski definition) is 1. The molecule has 32 heavy (non-hydrogen) atoms. The van der Waals surface area contributed by atoms with Gasteiger partial charge in [-0.3, -0.25) is 9.78 Å². The zero-order valence-corrected chi connectivity index (χ0v) is 16.7. The molecular formula is C20H17F4N5O3. The Morgan fingerprint density at radius 1 is 1.22 bits per heavy atom. The van der Waals surface area contributed by atoms with Crippen LogP contribution in [0.25, 0.3) is 11.3 Å². The Hall–Kier alpha value is -3.57. The average molecular weight is 451 g/mol. The number of hydrogen-bond acceptors (Lipinski definition) is 7. The molecule has 1 aliphatic carbocycles. The van der Waals surface area contributed by atoms with Gasteiger partial charge >= 0.3 is 6.18 Å². The van der Waals surface area contributed by atoms with Gasteiger partial charge in [0, 0.05) is 23.5 Å². The minimum Gasteiger partial charge on any atom is -0.471 e. The minimum absolute atomic E-state index is 0.0162. The lowest BCUT2D eigenvalue weighted by atomic mass is 10.1. The molecule has 0 spiro atoms. The largest absolute Gasteiger partial charge is 0.471 e. The standard InChI is InChI=1S/C20H17F4N5O3/c1-11-2-3-12(9-25-11)17-13(15(8-21)32-29-17)10-31-16-5-4-14(27-28-16)18(30)26-19(6-7-19)20(22,23)24/h2-5,9H,6-8,10H2,1H3,(H,26,30). The van der Waals surface area contributed by atoms with E-state index in [0.717, 1.165) is 5.69 Å².